The highest BCUT2D eigenvalue weighted by atomic mass is 32.2. The summed E-state index contributed by atoms with van der Waals surface area (Å²) < 4.78 is 5.43. The molecule has 134 valence electrons. The Morgan fingerprint density at radius 1 is 1.19 bits per heavy atom. The zero-order valence-electron chi connectivity index (χ0n) is 15.1. The molecular formula is C20H20N2O2S2. The predicted octanol–water partition coefficient (Wildman–Crippen LogP) is 5.41. The van der Waals surface area contributed by atoms with Crippen LogP contribution in [0.5, 0.6) is 5.75 Å². The summed E-state index contributed by atoms with van der Waals surface area (Å²) in [6.07, 6.45) is 1.99. The lowest BCUT2D eigenvalue weighted by Gasteiger charge is -2.08. The largest absolute Gasteiger partial charge is 0.496 e. The Hall–Kier alpha value is -2.31. The second-order valence-electron chi connectivity index (χ2n) is 5.88. The first-order chi connectivity index (χ1) is 12.5. The Morgan fingerprint density at radius 2 is 2.00 bits per heavy atom. The summed E-state index contributed by atoms with van der Waals surface area (Å²) in [7, 11) is 1.64. The van der Waals surface area contributed by atoms with Crippen molar-refractivity contribution in [2.24, 2.45) is 0 Å². The van der Waals surface area contributed by atoms with Crippen molar-refractivity contribution in [1.82, 2.24) is 4.98 Å². The second kappa shape index (κ2) is 7.93. The van der Waals surface area contributed by atoms with Crippen LogP contribution in [-0.2, 0) is 0 Å². The molecule has 0 unspecified atom stereocenters. The first-order valence-electron chi connectivity index (χ1n) is 8.08. The van der Waals surface area contributed by atoms with Gasteiger partial charge in [-0.05, 0) is 49.9 Å². The van der Waals surface area contributed by atoms with Gasteiger partial charge in [-0.1, -0.05) is 17.7 Å². The van der Waals surface area contributed by atoms with Gasteiger partial charge in [0.15, 0.2) is 5.13 Å². The van der Waals surface area contributed by atoms with E-state index in [2.05, 4.69) is 10.3 Å². The fraction of sp³-hybridized carbons (Fsp3) is 0.200. The molecular weight excluding hydrogens is 364 g/mol. The van der Waals surface area contributed by atoms with Crippen molar-refractivity contribution < 1.29 is 9.53 Å². The summed E-state index contributed by atoms with van der Waals surface area (Å²) >= 11 is 3.02. The number of aromatic nitrogens is 1. The van der Waals surface area contributed by atoms with Crippen LogP contribution in [0.25, 0.3) is 11.3 Å². The SMILES string of the molecule is COc1ccc(C)cc1-c1csc(NC(=O)c2cc(SC)ccc2C)n1. The Labute approximate surface area is 161 Å². The highest BCUT2D eigenvalue weighted by Crippen LogP contribution is 2.33. The number of carbonyl (C=O) groups is 1. The first-order valence-corrected chi connectivity index (χ1v) is 10.2. The van der Waals surface area contributed by atoms with Crippen LogP contribution in [0.2, 0.25) is 0 Å². The lowest BCUT2D eigenvalue weighted by Crippen LogP contribution is -2.13. The molecule has 1 N–H and O–H groups in total. The Balaban J connectivity index is 1.85. The number of thioether (sulfide) groups is 1. The highest BCUT2D eigenvalue weighted by molar-refractivity contribution is 7.98. The van der Waals surface area contributed by atoms with E-state index in [9.17, 15) is 4.79 Å². The average molecular weight is 385 g/mol. The number of hydrogen-bond donors (Lipinski definition) is 1. The standard InChI is InChI=1S/C20H20N2O2S2/c1-12-5-8-18(24-3)16(9-12)17-11-26-20(21-17)22-19(23)15-10-14(25-4)7-6-13(15)2/h5-11H,1-4H3,(H,21,22,23). The maximum absolute atomic E-state index is 12.6. The van der Waals surface area contributed by atoms with E-state index in [1.165, 1.54) is 11.3 Å². The molecule has 0 bridgehead atoms. The van der Waals surface area contributed by atoms with Crippen molar-refractivity contribution in [1.29, 1.82) is 0 Å². The van der Waals surface area contributed by atoms with Gasteiger partial charge in [0.1, 0.15) is 5.75 Å². The number of nitrogens with zero attached hydrogens (tertiary/aromatic N) is 1. The maximum atomic E-state index is 12.6. The molecule has 26 heavy (non-hydrogen) atoms. The van der Waals surface area contributed by atoms with E-state index in [1.807, 2.05) is 61.9 Å². The van der Waals surface area contributed by atoms with Crippen molar-refractivity contribution in [3.05, 3.63) is 58.5 Å². The number of ether oxygens (including phenoxy) is 1. The van der Waals surface area contributed by atoms with E-state index in [1.54, 1.807) is 18.9 Å². The molecule has 0 radical (unpaired) electrons. The fourth-order valence-electron chi connectivity index (χ4n) is 2.61. The molecule has 2 aromatic carbocycles. The number of rotatable bonds is 5. The molecule has 1 heterocycles. The molecule has 0 saturated heterocycles. The monoisotopic (exact) mass is 384 g/mol. The van der Waals surface area contributed by atoms with Gasteiger partial charge in [0.05, 0.1) is 12.8 Å². The number of nitrogens with one attached hydrogen (secondary N) is 1. The molecule has 1 amide bonds. The van der Waals surface area contributed by atoms with Crippen molar-refractivity contribution in [3.8, 4) is 17.0 Å². The van der Waals surface area contributed by atoms with Crippen LogP contribution in [0, 0.1) is 13.8 Å². The van der Waals surface area contributed by atoms with Crippen molar-refractivity contribution >= 4 is 34.1 Å². The molecule has 1 aromatic heterocycles. The predicted molar refractivity (Wildman–Crippen MR) is 110 cm³/mol. The van der Waals surface area contributed by atoms with Gasteiger partial charge in [-0.2, -0.15) is 0 Å². The van der Waals surface area contributed by atoms with Crippen LogP contribution in [-0.4, -0.2) is 24.3 Å². The normalized spacial score (nSPS) is 10.6. The van der Waals surface area contributed by atoms with Gasteiger partial charge in [-0.3, -0.25) is 10.1 Å². The second-order valence-corrected chi connectivity index (χ2v) is 7.61. The summed E-state index contributed by atoms with van der Waals surface area (Å²) in [6, 6.07) is 11.9. The minimum atomic E-state index is -0.143. The van der Waals surface area contributed by atoms with E-state index in [-0.39, 0.29) is 5.91 Å². The summed E-state index contributed by atoms with van der Waals surface area (Å²) in [4.78, 5) is 18.3. The van der Waals surface area contributed by atoms with Gasteiger partial charge in [0, 0.05) is 21.4 Å². The van der Waals surface area contributed by atoms with Gasteiger partial charge in [0.25, 0.3) is 5.91 Å². The van der Waals surface area contributed by atoms with Crippen molar-refractivity contribution in [2.45, 2.75) is 18.7 Å². The number of anilines is 1. The number of hydrogen-bond acceptors (Lipinski definition) is 5. The van der Waals surface area contributed by atoms with E-state index in [0.29, 0.717) is 10.7 Å². The number of aryl methyl sites for hydroxylation is 2. The molecule has 3 aromatic rings. The summed E-state index contributed by atoms with van der Waals surface area (Å²) in [5.41, 5.74) is 4.45. The van der Waals surface area contributed by atoms with E-state index < -0.39 is 0 Å². The highest BCUT2D eigenvalue weighted by Gasteiger charge is 2.14. The van der Waals surface area contributed by atoms with E-state index >= 15 is 0 Å². The zero-order valence-corrected chi connectivity index (χ0v) is 16.8. The van der Waals surface area contributed by atoms with E-state index in [4.69, 9.17) is 4.74 Å². The smallest absolute Gasteiger partial charge is 0.257 e. The Kier molecular flexibility index (Phi) is 5.64. The van der Waals surface area contributed by atoms with Crippen LogP contribution in [0.4, 0.5) is 5.13 Å². The molecule has 0 aliphatic carbocycles. The molecule has 4 nitrogen and oxygen atoms in total. The zero-order chi connectivity index (χ0) is 18.7. The third-order valence-electron chi connectivity index (χ3n) is 4.04. The van der Waals surface area contributed by atoms with Gasteiger partial charge in [0.2, 0.25) is 0 Å². The van der Waals surface area contributed by atoms with Crippen LogP contribution in [0.3, 0.4) is 0 Å². The number of methoxy groups -OCH3 is 1. The Bertz CT molecular complexity index is 951. The minimum Gasteiger partial charge on any atom is -0.496 e. The van der Waals surface area contributed by atoms with Gasteiger partial charge in [-0.15, -0.1) is 23.1 Å². The Morgan fingerprint density at radius 3 is 2.73 bits per heavy atom. The topological polar surface area (TPSA) is 51.2 Å². The number of thiazole rings is 1. The lowest BCUT2D eigenvalue weighted by molar-refractivity contribution is 0.102. The molecule has 0 aliphatic heterocycles. The molecule has 0 fully saturated rings. The summed E-state index contributed by atoms with van der Waals surface area (Å²) in [5, 5.41) is 5.41. The quantitative estimate of drug-likeness (QED) is 0.598. The lowest BCUT2D eigenvalue weighted by atomic mass is 10.1. The summed E-state index contributed by atoms with van der Waals surface area (Å²) in [5.74, 6) is 0.623. The minimum absolute atomic E-state index is 0.143. The number of carbonyl (C=O) groups excluding carboxylic acids is 1. The first kappa shape index (κ1) is 18.5. The average Bonchev–Trinajstić information content (AvgIpc) is 3.10. The van der Waals surface area contributed by atoms with Crippen molar-refractivity contribution in [2.75, 3.05) is 18.7 Å². The number of benzene rings is 2. The summed E-state index contributed by atoms with van der Waals surface area (Å²) in [6.45, 7) is 3.96. The van der Waals surface area contributed by atoms with Crippen LogP contribution < -0.4 is 10.1 Å². The fourth-order valence-corrected chi connectivity index (χ4v) is 3.76. The molecule has 0 aliphatic rings. The number of amides is 1. The third kappa shape index (κ3) is 3.92. The maximum Gasteiger partial charge on any atom is 0.257 e. The van der Waals surface area contributed by atoms with Gasteiger partial charge < -0.3 is 4.74 Å². The van der Waals surface area contributed by atoms with E-state index in [0.717, 1.165) is 33.0 Å². The van der Waals surface area contributed by atoms with Crippen LogP contribution in [0.15, 0.2) is 46.7 Å². The molecule has 6 heteroatoms. The molecule has 0 saturated carbocycles. The van der Waals surface area contributed by atoms with Gasteiger partial charge in [-0.25, -0.2) is 4.98 Å². The molecule has 3 rings (SSSR count). The van der Waals surface area contributed by atoms with Crippen LogP contribution >= 0.6 is 23.1 Å². The van der Waals surface area contributed by atoms with Crippen LogP contribution in [0.1, 0.15) is 21.5 Å². The van der Waals surface area contributed by atoms with Gasteiger partial charge >= 0.3 is 0 Å². The molecule has 0 spiro atoms. The molecule has 0 atom stereocenters. The third-order valence-corrected chi connectivity index (χ3v) is 5.53. The van der Waals surface area contributed by atoms with Crippen molar-refractivity contribution in [3.63, 3.8) is 0 Å².